The fourth-order valence-corrected chi connectivity index (χ4v) is 3.22. The molecule has 1 aliphatic rings. The van der Waals surface area contributed by atoms with E-state index in [1.165, 1.54) is 31.2 Å². The van der Waals surface area contributed by atoms with Gasteiger partial charge >= 0.3 is 0 Å². The predicted octanol–water partition coefficient (Wildman–Crippen LogP) is 4.14. The third kappa shape index (κ3) is 5.61. The molecule has 0 radical (unpaired) electrons. The molecule has 2 unspecified atom stereocenters. The van der Waals surface area contributed by atoms with Crippen LogP contribution in [0.4, 0.5) is 0 Å². The van der Waals surface area contributed by atoms with E-state index in [4.69, 9.17) is 9.47 Å². The number of ether oxygens (including phenoxy) is 2. The van der Waals surface area contributed by atoms with E-state index in [1.807, 2.05) is 0 Å². The maximum Gasteiger partial charge on any atom is 0.120 e. The molecule has 1 N–H and O–H groups in total. The summed E-state index contributed by atoms with van der Waals surface area (Å²) in [5, 5.41) is 3.37. The number of hydrogen-bond acceptors (Lipinski definition) is 3. The van der Waals surface area contributed by atoms with Crippen LogP contribution in [0.3, 0.4) is 0 Å². The molecule has 0 spiro atoms. The van der Waals surface area contributed by atoms with Crippen molar-refractivity contribution in [3.8, 4) is 5.75 Å². The minimum Gasteiger partial charge on any atom is -0.490 e. The van der Waals surface area contributed by atoms with Crippen LogP contribution in [-0.2, 0) is 11.3 Å². The van der Waals surface area contributed by atoms with Gasteiger partial charge in [0, 0.05) is 24.7 Å². The molecule has 0 saturated heterocycles. The van der Waals surface area contributed by atoms with Crippen molar-refractivity contribution < 1.29 is 9.47 Å². The molecule has 1 fully saturated rings. The van der Waals surface area contributed by atoms with Crippen molar-refractivity contribution in [3.63, 3.8) is 0 Å². The monoisotopic (exact) mass is 355 g/mol. The lowest BCUT2D eigenvalue weighted by atomic mass is 9.89. The van der Waals surface area contributed by atoms with Gasteiger partial charge < -0.3 is 14.8 Å². The summed E-state index contributed by atoms with van der Waals surface area (Å²) in [6.45, 7) is 4.73. The van der Waals surface area contributed by atoms with Gasteiger partial charge in [0.25, 0.3) is 0 Å². The van der Waals surface area contributed by atoms with Crippen molar-refractivity contribution in [2.45, 2.75) is 45.3 Å². The van der Waals surface area contributed by atoms with Gasteiger partial charge in [0.15, 0.2) is 0 Å². The minimum absolute atomic E-state index is 0.379. The van der Waals surface area contributed by atoms with E-state index in [9.17, 15) is 0 Å². The molecule has 0 heterocycles. The van der Waals surface area contributed by atoms with E-state index >= 15 is 0 Å². The Morgan fingerprint density at radius 1 is 1.33 bits per heavy atom. The van der Waals surface area contributed by atoms with E-state index in [0.29, 0.717) is 6.10 Å². The number of hydrogen-bond donors (Lipinski definition) is 1. The summed E-state index contributed by atoms with van der Waals surface area (Å²) in [6, 6.07) is 6.28. The van der Waals surface area contributed by atoms with Gasteiger partial charge in [0.1, 0.15) is 5.75 Å². The van der Waals surface area contributed by atoms with Crippen molar-refractivity contribution in [2.75, 3.05) is 20.3 Å². The zero-order valence-electron chi connectivity index (χ0n) is 13.0. The number of benzene rings is 1. The Bertz CT molecular complexity index is 439. The normalized spacial score (nSPS) is 22.2. The van der Waals surface area contributed by atoms with Gasteiger partial charge in [-0.25, -0.2) is 0 Å². The van der Waals surface area contributed by atoms with Crippen LogP contribution < -0.4 is 10.1 Å². The number of halogens is 1. The second-order valence-electron chi connectivity index (χ2n) is 5.93. The summed E-state index contributed by atoms with van der Waals surface area (Å²) in [4.78, 5) is 0. The van der Waals surface area contributed by atoms with Crippen LogP contribution >= 0.6 is 15.9 Å². The lowest BCUT2D eigenvalue weighted by molar-refractivity contribution is 0.129. The second-order valence-corrected chi connectivity index (χ2v) is 6.79. The Kier molecular flexibility index (Phi) is 7.00. The van der Waals surface area contributed by atoms with Crippen molar-refractivity contribution in [1.29, 1.82) is 0 Å². The molecule has 0 aliphatic heterocycles. The van der Waals surface area contributed by atoms with E-state index in [1.54, 1.807) is 7.11 Å². The predicted molar refractivity (Wildman–Crippen MR) is 89.8 cm³/mol. The molecule has 118 valence electrons. The molecule has 2 rings (SSSR count). The fraction of sp³-hybridized carbons (Fsp3) is 0.647. The summed E-state index contributed by atoms with van der Waals surface area (Å²) >= 11 is 3.61. The standard InChI is InChI=1S/C17H26BrNO2/c1-13-4-3-5-15(10-13)21-16-6-7-17(18)14(11-16)12-19-8-9-20-2/h6-7,11,13,15,19H,3-5,8-10,12H2,1-2H3. The first-order chi connectivity index (χ1) is 10.2. The van der Waals surface area contributed by atoms with Gasteiger partial charge in [-0.2, -0.15) is 0 Å². The van der Waals surface area contributed by atoms with Gasteiger partial charge in [-0.1, -0.05) is 29.3 Å². The van der Waals surface area contributed by atoms with E-state index in [2.05, 4.69) is 46.4 Å². The highest BCUT2D eigenvalue weighted by Crippen LogP contribution is 2.29. The summed E-state index contributed by atoms with van der Waals surface area (Å²) in [6.07, 6.45) is 5.37. The SMILES string of the molecule is COCCNCc1cc(OC2CCCC(C)C2)ccc1Br. The number of methoxy groups -OCH3 is 1. The lowest BCUT2D eigenvalue weighted by Crippen LogP contribution is -2.24. The van der Waals surface area contributed by atoms with E-state index < -0.39 is 0 Å². The van der Waals surface area contributed by atoms with Gasteiger partial charge in [-0.15, -0.1) is 0 Å². The van der Waals surface area contributed by atoms with Crippen LogP contribution in [0.15, 0.2) is 22.7 Å². The minimum atomic E-state index is 0.379. The average molecular weight is 356 g/mol. The topological polar surface area (TPSA) is 30.5 Å². The number of nitrogens with one attached hydrogen (secondary N) is 1. The van der Waals surface area contributed by atoms with Crippen molar-refractivity contribution in [1.82, 2.24) is 5.32 Å². The van der Waals surface area contributed by atoms with Crippen LogP contribution in [0, 0.1) is 5.92 Å². The molecule has 1 saturated carbocycles. The Morgan fingerprint density at radius 3 is 2.95 bits per heavy atom. The summed E-state index contributed by atoms with van der Waals surface area (Å²) in [5.41, 5.74) is 1.23. The molecule has 3 nitrogen and oxygen atoms in total. The Hall–Kier alpha value is -0.580. The highest BCUT2D eigenvalue weighted by Gasteiger charge is 2.20. The highest BCUT2D eigenvalue weighted by molar-refractivity contribution is 9.10. The summed E-state index contributed by atoms with van der Waals surface area (Å²) in [7, 11) is 1.72. The maximum atomic E-state index is 6.18. The van der Waals surface area contributed by atoms with Gasteiger partial charge in [0.2, 0.25) is 0 Å². The molecule has 0 amide bonds. The molecule has 1 aliphatic carbocycles. The summed E-state index contributed by atoms with van der Waals surface area (Å²) < 4.78 is 12.3. The third-order valence-electron chi connectivity index (χ3n) is 4.01. The van der Waals surface area contributed by atoms with Crippen molar-refractivity contribution >= 4 is 15.9 Å². The van der Waals surface area contributed by atoms with Gasteiger partial charge in [-0.05, 0) is 48.9 Å². The molecule has 0 bridgehead atoms. The smallest absolute Gasteiger partial charge is 0.120 e. The molecule has 0 aromatic heterocycles. The highest BCUT2D eigenvalue weighted by atomic mass is 79.9. The van der Waals surface area contributed by atoms with Crippen LogP contribution in [-0.4, -0.2) is 26.4 Å². The first-order valence-electron chi connectivity index (χ1n) is 7.83. The molecule has 21 heavy (non-hydrogen) atoms. The molecule has 1 aromatic carbocycles. The lowest BCUT2D eigenvalue weighted by Gasteiger charge is -2.27. The van der Waals surface area contributed by atoms with Crippen LogP contribution in [0.5, 0.6) is 5.75 Å². The van der Waals surface area contributed by atoms with Crippen molar-refractivity contribution in [3.05, 3.63) is 28.2 Å². The molecule has 1 aromatic rings. The van der Waals surface area contributed by atoms with Crippen LogP contribution in [0.1, 0.15) is 38.2 Å². The second kappa shape index (κ2) is 8.76. The largest absolute Gasteiger partial charge is 0.490 e. The zero-order valence-corrected chi connectivity index (χ0v) is 14.6. The fourth-order valence-electron chi connectivity index (χ4n) is 2.84. The maximum absolute atomic E-state index is 6.18. The molecular weight excluding hydrogens is 330 g/mol. The van der Waals surface area contributed by atoms with Gasteiger partial charge in [0.05, 0.1) is 12.7 Å². The van der Waals surface area contributed by atoms with Crippen LogP contribution in [0.25, 0.3) is 0 Å². The molecular formula is C17H26BrNO2. The first-order valence-corrected chi connectivity index (χ1v) is 8.63. The first kappa shape index (κ1) is 16.8. The Labute approximate surface area is 136 Å². The third-order valence-corrected chi connectivity index (χ3v) is 4.78. The van der Waals surface area contributed by atoms with E-state index in [-0.39, 0.29) is 0 Å². The number of rotatable bonds is 7. The zero-order chi connectivity index (χ0) is 15.1. The van der Waals surface area contributed by atoms with Crippen LogP contribution in [0.2, 0.25) is 0 Å². The van der Waals surface area contributed by atoms with Crippen molar-refractivity contribution in [2.24, 2.45) is 5.92 Å². The molecule has 2 atom stereocenters. The Balaban J connectivity index is 1.91. The summed E-state index contributed by atoms with van der Waals surface area (Å²) in [5.74, 6) is 1.77. The quantitative estimate of drug-likeness (QED) is 0.745. The van der Waals surface area contributed by atoms with E-state index in [0.717, 1.165) is 35.8 Å². The average Bonchev–Trinajstić information content (AvgIpc) is 2.47. The molecule has 4 heteroatoms. The Morgan fingerprint density at radius 2 is 2.19 bits per heavy atom. The van der Waals surface area contributed by atoms with Gasteiger partial charge in [-0.3, -0.25) is 0 Å².